The van der Waals surface area contributed by atoms with Crippen LogP contribution in [0.5, 0.6) is 6.01 Å². The van der Waals surface area contributed by atoms with Crippen LogP contribution in [-0.4, -0.2) is 66.4 Å². The summed E-state index contributed by atoms with van der Waals surface area (Å²) >= 11 is 1.19. The summed E-state index contributed by atoms with van der Waals surface area (Å²) in [7, 11) is 1.74. The van der Waals surface area contributed by atoms with Crippen LogP contribution >= 0.6 is 11.3 Å². The summed E-state index contributed by atoms with van der Waals surface area (Å²) in [5.41, 5.74) is 7.81. The van der Waals surface area contributed by atoms with Crippen molar-refractivity contribution in [3.8, 4) is 23.2 Å². The zero-order valence-corrected chi connectivity index (χ0v) is 28.3. The summed E-state index contributed by atoms with van der Waals surface area (Å²) in [4.78, 5) is 14.6. The van der Waals surface area contributed by atoms with E-state index in [1.165, 1.54) is 17.4 Å². The van der Waals surface area contributed by atoms with E-state index in [4.69, 9.17) is 29.9 Å². The average Bonchev–Trinajstić information content (AvgIpc) is 3.85. The van der Waals surface area contributed by atoms with E-state index in [2.05, 4.69) is 29.7 Å². The number of fused-ring (bicyclic) bond motifs is 6. The minimum atomic E-state index is -0.669. The van der Waals surface area contributed by atoms with E-state index in [0.717, 1.165) is 57.3 Å². The summed E-state index contributed by atoms with van der Waals surface area (Å²) in [5.74, 6) is 0.262. The summed E-state index contributed by atoms with van der Waals surface area (Å²) in [5, 5.41) is 11.2. The highest BCUT2D eigenvalue weighted by atomic mass is 32.1. The molecule has 8 rings (SSSR count). The summed E-state index contributed by atoms with van der Waals surface area (Å²) in [6.07, 6.45) is 5.50. The maximum Gasteiger partial charge on any atom is 0.319 e. The number of nitrogen functional groups attached to an aromatic ring is 1. The van der Waals surface area contributed by atoms with E-state index in [9.17, 15) is 5.26 Å². The molecule has 2 bridgehead atoms. The van der Waals surface area contributed by atoms with Crippen molar-refractivity contribution in [1.82, 2.24) is 14.9 Å². The van der Waals surface area contributed by atoms with Gasteiger partial charge in [0.05, 0.1) is 36.9 Å². The molecular weight excluding hydrogens is 634 g/mol. The van der Waals surface area contributed by atoms with E-state index < -0.39 is 11.6 Å². The number of anilines is 2. The fourth-order valence-corrected chi connectivity index (χ4v) is 9.55. The molecule has 4 aliphatic rings. The molecule has 0 amide bonds. The molecule has 1 aliphatic carbocycles. The van der Waals surface area contributed by atoms with Gasteiger partial charge in [-0.1, -0.05) is 19.8 Å². The van der Waals surface area contributed by atoms with Gasteiger partial charge in [0, 0.05) is 60.0 Å². The molecule has 3 aliphatic heterocycles. The monoisotopic (exact) mass is 674 g/mol. The second-order valence-corrected chi connectivity index (χ2v) is 15.1. The number of rotatable bonds is 8. The Labute approximate surface area is 282 Å². The normalized spacial score (nSPS) is 24.5. The lowest BCUT2D eigenvalue weighted by Gasteiger charge is -2.43. The van der Waals surface area contributed by atoms with Gasteiger partial charge in [-0.15, -0.1) is 11.3 Å². The molecule has 12 heteroatoms. The van der Waals surface area contributed by atoms with Gasteiger partial charge in [0.15, 0.2) is 5.82 Å². The molecule has 2 aromatic heterocycles. The third-order valence-electron chi connectivity index (χ3n) is 11.1. The lowest BCUT2D eigenvalue weighted by molar-refractivity contribution is 0.0687. The van der Waals surface area contributed by atoms with Gasteiger partial charge in [-0.3, -0.25) is 4.90 Å². The zero-order valence-electron chi connectivity index (χ0n) is 27.5. The van der Waals surface area contributed by atoms with Gasteiger partial charge < -0.3 is 24.8 Å². The van der Waals surface area contributed by atoms with E-state index in [-0.39, 0.29) is 64.6 Å². The number of hydrogen-bond donors (Lipinski definition) is 1. The zero-order chi connectivity index (χ0) is 33.3. The van der Waals surface area contributed by atoms with Crippen LogP contribution in [0.3, 0.4) is 0 Å². The van der Waals surface area contributed by atoms with Crippen LogP contribution in [0.25, 0.3) is 32.1 Å². The third-order valence-corrected chi connectivity index (χ3v) is 12.1. The number of hydrogen-bond acceptors (Lipinski definition) is 10. The number of nitrogens with two attached hydrogens (primary N) is 1. The van der Waals surface area contributed by atoms with Gasteiger partial charge in [0.2, 0.25) is 0 Å². The smallest absolute Gasteiger partial charge is 0.319 e. The molecule has 1 saturated carbocycles. The Morgan fingerprint density at radius 2 is 1.85 bits per heavy atom. The highest BCUT2D eigenvalue weighted by molar-refractivity contribution is 7.23. The predicted octanol–water partition coefficient (Wildman–Crippen LogP) is 6.78. The first-order valence-electron chi connectivity index (χ1n) is 17.0. The van der Waals surface area contributed by atoms with Crippen LogP contribution in [0, 0.1) is 34.8 Å². The van der Waals surface area contributed by atoms with Gasteiger partial charge in [-0.25, -0.2) is 8.78 Å². The van der Waals surface area contributed by atoms with Crippen molar-refractivity contribution in [3.05, 3.63) is 40.5 Å². The number of methoxy groups -OCH3 is 1. The number of benzene rings is 2. The second-order valence-electron chi connectivity index (χ2n) is 14.0. The van der Waals surface area contributed by atoms with E-state index in [0.29, 0.717) is 45.3 Å². The van der Waals surface area contributed by atoms with Crippen LogP contribution in [-0.2, 0) is 22.7 Å². The molecule has 9 nitrogen and oxygen atoms in total. The molecule has 5 heterocycles. The molecule has 252 valence electrons. The number of piperazine rings is 1. The fourth-order valence-electron chi connectivity index (χ4n) is 8.62. The number of nitrogens with zero attached hydrogens (tertiary/aromatic N) is 5. The van der Waals surface area contributed by atoms with Crippen molar-refractivity contribution >= 4 is 43.1 Å². The standard InChI is InChI=1S/C36H40F2N6O3S/c1-18-5-4-6-20(18)15-47-36-41-33-30(35(42-36)44-21-7-8-22(44)14-43(13-21)12-19(2)45-3)25-17-46-16-24(25)29(32(33)38)31-26(37)9-10-27-28(31)23(11-39)34(40)48-27/h9-10,18-22H,4-8,12-17,40H2,1-3H3/t18?,19-,20+,21?,22?/m1/s1. The molecule has 0 radical (unpaired) electrons. The molecule has 0 spiro atoms. The van der Waals surface area contributed by atoms with Crippen molar-refractivity contribution in [3.63, 3.8) is 0 Å². The molecule has 48 heavy (non-hydrogen) atoms. The molecule has 3 fully saturated rings. The van der Waals surface area contributed by atoms with Crippen LogP contribution in [0.15, 0.2) is 12.1 Å². The topological polar surface area (TPSA) is 110 Å². The molecular formula is C36H40F2N6O3S. The van der Waals surface area contributed by atoms with Crippen LogP contribution in [0.2, 0.25) is 0 Å². The first-order valence-corrected chi connectivity index (χ1v) is 17.8. The quantitative estimate of drug-likeness (QED) is 0.216. The maximum absolute atomic E-state index is 17.4. The largest absolute Gasteiger partial charge is 0.463 e. The Kier molecular flexibility index (Phi) is 8.14. The van der Waals surface area contributed by atoms with Crippen molar-refractivity contribution in [1.29, 1.82) is 5.26 Å². The van der Waals surface area contributed by atoms with Gasteiger partial charge >= 0.3 is 6.01 Å². The van der Waals surface area contributed by atoms with E-state index in [1.54, 1.807) is 13.2 Å². The number of ether oxygens (including phenoxy) is 3. The minimum absolute atomic E-state index is 0.0153. The van der Waals surface area contributed by atoms with Crippen molar-refractivity contribution in [2.75, 3.05) is 44.0 Å². The van der Waals surface area contributed by atoms with Gasteiger partial charge in [-0.2, -0.15) is 15.2 Å². The number of aromatic nitrogens is 2. The number of halogens is 2. The number of thiophene rings is 1. The molecule has 2 aromatic carbocycles. The maximum atomic E-state index is 17.4. The Hall–Kier alpha value is -3.63. The van der Waals surface area contributed by atoms with Crippen molar-refractivity contribution in [2.45, 2.75) is 77.4 Å². The molecule has 5 atom stereocenters. The van der Waals surface area contributed by atoms with Crippen molar-refractivity contribution in [2.24, 2.45) is 11.8 Å². The lowest BCUT2D eigenvalue weighted by atomic mass is 9.90. The highest BCUT2D eigenvalue weighted by Gasteiger charge is 2.43. The highest BCUT2D eigenvalue weighted by Crippen LogP contribution is 2.49. The van der Waals surface area contributed by atoms with Crippen molar-refractivity contribution < 1.29 is 23.0 Å². The Morgan fingerprint density at radius 3 is 2.56 bits per heavy atom. The minimum Gasteiger partial charge on any atom is -0.463 e. The lowest BCUT2D eigenvalue weighted by Crippen LogP contribution is -2.55. The molecule has 4 aromatic rings. The van der Waals surface area contributed by atoms with Gasteiger partial charge in [0.25, 0.3) is 0 Å². The molecule has 3 unspecified atom stereocenters. The van der Waals surface area contributed by atoms with Crippen LogP contribution in [0.1, 0.15) is 62.6 Å². The van der Waals surface area contributed by atoms with E-state index >= 15 is 8.78 Å². The molecule has 2 saturated heterocycles. The number of likely N-dealkylation sites (tertiary alicyclic amines) is 1. The Balaban J connectivity index is 1.33. The predicted molar refractivity (Wildman–Crippen MR) is 182 cm³/mol. The molecule has 2 N–H and O–H groups in total. The fraction of sp³-hybridized carbons (Fsp3) is 0.528. The summed E-state index contributed by atoms with van der Waals surface area (Å²) < 4.78 is 51.9. The SMILES string of the molecule is CO[C@H](C)CN1CC2CCC(C1)N2c1nc(OC[C@@H]2CCCC2C)nc2c(F)c(-c3c(F)ccc4sc(N)c(C#N)c34)c3c(c12)COC3. The first-order chi connectivity index (χ1) is 23.3. The summed E-state index contributed by atoms with van der Waals surface area (Å²) in [6, 6.07) is 5.50. The van der Waals surface area contributed by atoms with E-state index in [1.807, 2.05) is 0 Å². The van der Waals surface area contributed by atoms with Crippen LogP contribution in [0.4, 0.5) is 19.6 Å². The average molecular weight is 675 g/mol. The second kappa shape index (κ2) is 12.4. The number of nitriles is 1. The third kappa shape index (κ3) is 5.09. The Morgan fingerprint density at radius 1 is 1.08 bits per heavy atom. The summed E-state index contributed by atoms with van der Waals surface area (Å²) in [6.45, 7) is 7.61. The Bertz CT molecular complexity index is 1950. The van der Waals surface area contributed by atoms with Gasteiger partial charge in [-0.05, 0) is 61.3 Å². The first kappa shape index (κ1) is 31.6. The van der Waals surface area contributed by atoms with Gasteiger partial charge in [0.1, 0.15) is 28.2 Å². The van der Waals surface area contributed by atoms with Crippen LogP contribution < -0.4 is 15.4 Å².